The van der Waals surface area contributed by atoms with Crippen LogP contribution in [0.2, 0.25) is 0 Å². The smallest absolute Gasteiger partial charge is 0.244 e. The standard InChI is InChI=1S/C12H17BrN2O2S/c1-9-4-6-15(7-5-9)18(16,17)12-3-2-10(14)8-11(12)13/h2-3,8-9H,4-7,14H2,1H3. The summed E-state index contributed by atoms with van der Waals surface area (Å²) in [5, 5.41) is 0. The third kappa shape index (κ3) is 2.70. The summed E-state index contributed by atoms with van der Waals surface area (Å²) in [6, 6.07) is 4.80. The zero-order chi connectivity index (χ0) is 13.3. The SMILES string of the molecule is CC1CCN(S(=O)(=O)c2ccc(N)cc2Br)CC1. The van der Waals surface area contributed by atoms with Crippen LogP contribution in [0.3, 0.4) is 0 Å². The Labute approximate surface area is 116 Å². The molecule has 6 heteroatoms. The summed E-state index contributed by atoms with van der Waals surface area (Å²) in [5.41, 5.74) is 6.18. The van der Waals surface area contributed by atoms with Crippen molar-refractivity contribution < 1.29 is 8.42 Å². The number of piperidine rings is 1. The van der Waals surface area contributed by atoms with E-state index >= 15 is 0 Å². The second-order valence-corrected chi connectivity index (χ2v) is 7.54. The molecule has 0 atom stereocenters. The van der Waals surface area contributed by atoms with E-state index in [2.05, 4.69) is 22.9 Å². The van der Waals surface area contributed by atoms with Crippen molar-refractivity contribution in [2.45, 2.75) is 24.7 Å². The molecule has 1 fully saturated rings. The highest BCUT2D eigenvalue weighted by Gasteiger charge is 2.29. The highest BCUT2D eigenvalue weighted by atomic mass is 79.9. The van der Waals surface area contributed by atoms with Crippen LogP contribution in [-0.4, -0.2) is 25.8 Å². The van der Waals surface area contributed by atoms with Crippen molar-refractivity contribution in [1.29, 1.82) is 0 Å². The lowest BCUT2D eigenvalue weighted by atomic mass is 10.0. The molecule has 1 aliphatic heterocycles. The molecule has 1 aliphatic rings. The maximum absolute atomic E-state index is 12.5. The van der Waals surface area contributed by atoms with Crippen LogP contribution in [0.15, 0.2) is 27.6 Å². The molecule has 2 rings (SSSR count). The van der Waals surface area contributed by atoms with Gasteiger partial charge in [-0.1, -0.05) is 6.92 Å². The number of sulfonamides is 1. The maximum Gasteiger partial charge on any atom is 0.244 e. The second-order valence-electron chi connectivity index (χ2n) is 4.78. The molecule has 1 saturated heterocycles. The first-order chi connectivity index (χ1) is 8.41. The van der Waals surface area contributed by atoms with Crippen LogP contribution in [0.25, 0.3) is 0 Å². The fourth-order valence-electron chi connectivity index (χ4n) is 2.09. The molecule has 1 aromatic rings. The normalized spacial score (nSPS) is 19.0. The van der Waals surface area contributed by atoms with Gasteiger partial charge in [0.15, 0.2) is 0 Å². The molecule has 0 spiro atoms. The van der Waals surface area contributed by atoms with Gasteiger partial charge in [-0.15, -0.1) is 0 Å². The molecule has 1 aromatic carbocycles. The van der Waals surface area contributed by atoms with Crippen LogP contribution in [0.5, 0.6) is 0 Å². The van der Waals surface area contributed by atoms with Crippen molar-refractivity contribution in [3.63, 3.8) is 0 Å². The minimum absolute atomic E-state index is 0.297. The van der Waals surface area contributed by atoms with Crippen molar-refractivity contribution in [3.05, 3.63) is 22.7 Å². The number of nitrogens with zero attached hydrogens (tertiary/aromatic N) is 1. The van der Waals surface area contributed by atoms with E-state index in [1.807, 2.05) is 0 Å². The third-order valence-corrected chi connectivity index (χ3v) is 6.19. The molecule has 0 bridgehead atoms. The van der Waals surface area contributed by atoms with Crippen molar-refractivity contribution >= 4 is 31.6 Å². The molecule has 18 heavy (non-hydrogen) atoms. The third-order valence-electron chi connectivity index (χ3n) is 3.32. The zero-order valence-electron chi connectivity index (χ0n) is 10.3. The molecule has 0 amide bonds. The Morgan fingerprint density at radius 2 is 1.94 bits per heavy atom. The molecule has 0 saturated carbocycles. The van der Waals surface area contributed by atoms with Gasteiger partial charge in [-0.3, -0.25) is 0 Å². The van der Waals surface area contributed by atoms with Gasteiger partial charge in [0.25, 0.3) is 0 Å². The molecule has 2 N–H and O–H groups in total. The van der Waals surface area contributed by atoms with Gasteiger partial charge in [-0.05, 0) is 52.9 Å². The highest BCUT2D eigenvalue weighted by molar-refractivity contribution is 9.10. The number of halogens is 1. The number of nitrogen functional groups attached to an aromatic ring is 1. The molecule has 0 radical (unpaired) electrons. The number of hydrogen-bond donors (Lipinski definition) is 1. The Kier molecular flexibility index (Phi) is 3.99. The first-order valence-electron chi connectivity index (χ1n) is 5.96. The Morgan fingerprint density at radius 1 is 1.33 bits per heavy atom. The number of benzene rings is 1. The summed E-state index contributed by atoms with van der Waals surface area (Å²) in [4.78, 5) is 0.297. The Hall–Kier alpha value is -0.590. The van der Waals surface area contributed by atoms with E-state index in [1.165, 1.54) is 0 Å². The average Bonchev–Trinajstić information content (AvgIpc) is 2.29. The Bertz CT molecular complexity index is 537. The van der Waals surface area contributed by atoms with Gasteiger partial charge in [0.1, 0.15) is 0 Å². The van der Waals surface area contributed by atoms with E-state index in [1.54, 1.807) is 22.5 Å². The number of nitrogens with two attached hydrogens (primary N) is 1. The fourth-order valence-corrected chi connectivity index (χ4v) is 4.62. The second kappa shape index (κ2) is 5.19. The predicted octanol–water partition coefficient (Wildman–Crippen LogP) is 2.45. The summed E-state index contributed by atoms with van der Waals surface area (Å²) < 4.78 is 27.0. The Balaban J connectivity index is 2.30. The van der Waals surface area contributed by atoms with Crippen LogP contribution in [0.1, 0.15) is 19.8 Å². The Morgan fingerprint density at radius 3 is 2.50 bits per heavy atom. The molecule has 0 aromatic heterocycles. The van der Waals surface area contributed by atoms with Crippen molar-refractivity contribution in [3.8, 4) is 0 Å². The quantitative estimate of drug-likeness (QED) is 0.846. The fraction of sp³-hybridized carbons (Fsp3) is 0.500. The molecule has 4 nitrogen and oxygen atoms in total. The van der Waals surface area contributed by atoms with Crippen LogP contribution in [-0.2, 0) is 10.0 Å². The molecular formula is C12H17BrN2O2S. The van der Waals surface area contributed by atoms with E-state index < -0.39 is 10.0 Å². The minimum atomic E-state index is -3.40. The van der Waals surface area contributed by atoms with E-state index in [0.717, 1.165) is 12.8 Å². The number of hydrogen-bond acceptors (Lipinski definition) is 3. The van der Waals surface area contributed by atoms with Gasteiger partial charge in [-0.2, -0.15) is 4.31 Å². The minimum Gasteiger partial charge on any atom is -0.399 e. The molecule has 0 aliphatic carbocycles. The van der Waals surface area contributed by atoms with Gasteiger partial charge in [0.2, 0.25) is 10.0 Å². The van der Waals surface area contributed by atoms with Gasteiger partial charge < -0.3 is 5.73 Å². The lowest BCUT2D eigenvalue weighted by molar-refractivity contribution is 0.288. The topological polar surface area (TPSA) is 63.4 Å². The van der Waals surface area contributed by atoms with Crippen LogP contribution < -0.4 is 5.73 Å². The molecule has 1 heterocycles. The summed E-state index contributed by atoms with van der Waals surface area (Å²) in [5.74, 6) is 0.603. The van der Waals surface area contributed by atoms with E-state index in [0.29, 0.717) is 34.1 Å². The summed E-state index contributed by atoms with van der Waals surface area (Å²) >= 11 is 3.28. The summed E-state index contributed by atoms with van der Waals surface area (Å²) in [6.45, 7) is 3.35. The molecule has 100 valence electrons. The van der Waals surface area contributed by atoms with Crippen molar-refractivity contribution in [2.75, 3.05) is 18.8 Å². The maximum atomic E-state index is 12.5. The molecular weight excluding hydrogens is 316 g/mol. The number of rotatable bonds is 2. The van der Waals surface area contributed by atoms with Crippen LogP contribution in [0, 0.1) is 5.92 Å². The monoisotopic (exact) mass is 332 g/mol. The predicted molar refractivity (Wildman–Crippen MR) is 75.7 cm³/mol. The lowest BCUT2D eigenvalue weighted by Crippen LogP contribution is -2.38. The van der Waals surface area contributed by atoms with Gasteiger partial charge in [-0.25, -0.2) is 8.42 Å². The first kappa shape index (κ1) is 13.8. The summed E-state index contributed by atoms with van der Waals surface area (Å²) in [7, 11) is -3.40. The average molecular weight is 333 g/mol. The van der Waals surface area contributed by atoms with E-state index in [4.69, 9.17) is 5.73 Å². The zero-order valence-corrected chi connectivity index (χ0v) is 12.7. The van der Waals surface area contributed by atoms with Gasteiger partial charge in [0.05, 0.1) is 4.90 Å². The van der Waals surface area contributed by atoms with E-state index in [9.17, 15) is 8.42 Å². The van der Waals surface area contributed by atoms with Gasteiger partial charge in [0, 0.05) is 23.2 Å². The largest absolute Gasteiger partial charge is 0.399 e. The highest BCUT2D eigenvalue weighted by Crippen LogP contribution is 2.29. The van der Waals surface area contributed by atoms with Crippen LogP contribution >= 0.6 is 15.9 Å². The van der Waals surface area contributed by atoms with Crippen LogP contribution in [0.4, 0.5) is 5.69 Å². The molecule has 0 unspecified atom stereocenters. The first-order valence-corrected chi connectivity index (χ1v) is 8.20. The number of anilines is 1. The van der Waals surface area contributed by atoms with Crippen molar-refractivity contribution in [2.24, 2.45) is 5.92 Å². The van der Waals surface area contributed by atoms with Crippen molar-refractivity contribution in [1.82, 2.24) is 4.31 Å². The van der Waals surface area contributed by atoms with E-state index in [-0.39, 0.29) is 0 Å². The van der Waals surface area contributed by atoms with Gasteiger partial charge >= 0.3 is 0 Å². The summed E-state index contributed by atoms with van der Waals surface area (Å²) in [6.07, 6.45) is 1.84. The lowest BCUT2D eigenvalue weighted by Gasteiger charge is -2.29.